The number of sulfone groups is 1. The summed E-state index contributed by atoms with van der Waals surface area (Å²) < 4.78 is 35.7. The van der Waals surface area contributed by atoms with E-state index in [-0.39, 0.29) is 4.90 Å². The van der Waals surface area contributed by atoms with Crippen molar-refractivity contribution >= 4 is 27.8 Å². The van der Waals surface area contributed by atoms with Gasteiger partial charge in [-0.2, -0.15) is 0 Å². The molecule has 0 bridgehead atoms. The predicted octanol–water partition coefficient (Wildman–Crippen LogP) is 2.30. The lowest BCUT2D eigenvalue weighted by Gasteiger charge is -2.24. The zero-order valence-corrected chi connectivity index (χ0v) is 20.1. The van der Waals surface area contributed by atoms with Crippen molar-refractivity contribution in [3.63, 3.8) is 0 Å². The Kier molecular flexibility index (Phi) is 8.63. The largest absolute Gasteiger partial charge is 0.497 e. The summed E-state index contributed by atoms with van der Waals surface area (Å²) in [6.45, 7) is 4.94. The number of amides is 2. The number of ether oxygens (including phenoxy) is 2. The summed E-state index contributed by atoms with van der Waals surface area (Å²) in [4.78, 5) is 37.0. The van der Waals surface area contributed by atoms with Crippen LogP contribution >= 0.6 is 0 Å². The molecule has 3 N–H and O–H groups in total. The summed E-state index contributed by atoms with van der Waals surface area (Å²) in [6, 6.07) is 10.4. The third kappa shape index (κ3) is 7.77. The van der Waals surface area contributed by atoms with E-state index >= 15 is 0 Å². The van der Waals surface area contributed by atoms with E-state index in [9.17, 15) is 27.9 Å². The minimum Gasteiger partial charge on any atom is -0.497 e. The quantitative estimate of drug-likeness (QED) is 0.483. The third-order valence-corrected chi connectivity index (χ3v) is 6.24. The molecular formula is C23H28N2O8S. The van der Waals surface area contributed by atoms with E-state index in [2.05, 4.69) is 10.6 Å². The van der Waals surface area contributed by atoms with Crippen LogP contribution < -0.4 is 15.4 Å². The zero-order valence-electron chi connectivity index (χ0n) is 19.3. The maximum atomic E-state index is 13.0. The Morgan fingerprint density at radius 3 is 2.06 bits per heavy atom. The highest BCUT2D eigenvalue weighted by atomic mass is 32.2. The highest BCUT2D eigenvalue weighted by Crippen LogP contribution is 2.19. The van der Waals surface area contributed by atoms with E-state index in [4.69, 9.17) is 9.47 Å². The second-order valence-electron chi connectivity index (χ2n) is 8.35. The van der Waals surface area contributed by atoms with Crippen molar-refractivity contribution in [3.05, 3.63) is 60.2 Å². The molecule has 11 heteroatoms. The maximum absolute atomic E-state index is 13.0. The Balaban J connectivity index is 2.25. The second kappa shape index (κ2) is 11.0. The lowest BCUT2D eigenvalue weighted by Crippen LogP contribution is -2.50. The van der Waals surface area contributed by atoms with Crippen LogP contribution in [0.25, 0.3) is 0 Å². The summed E-state index contributed by atoms with van der Waals surface area (Å²) in [5.74, 6) is -2.92. The Labute approximate surface area is 198 Å². The Hall–Kier alpha value is -3.60. The van der Waals surface area contributed by atoms with Crippen LogP contribution in [-0.4, -0.2) is 56.0 Å². The summed E-state index contributed by atoms with van der Waals surface area (Å²) in [5, 5.41) is 14.2. The van der Waals surface area contributed by atoms with Crippen molar-refractivity contribution in [2.45, 2.75) is 43.4 Å². The standard InChI is InChI=1S/C23H28N2O8S/c1-23(2,3)33-22(29)25-19(15-8-6-5-7-9-15)20(26)24-18(21(27)28)14-34(30,31)17-12-10-16(32-4)11-13-17/h5-13,18-19H,14H2,1-4H3,(H,24,26)(H,25,29)(H,27,28). The molecule has 184 valence electrons. The highest BCUT2D eigenvalue weighted by molar-refractivity contribution is 7.91. The number of hydrogen-bond acceptors (Lipinski definition) is 7. The molecule has 0 aliphatic rings. The molecule has 0 aromatic heterocycles. The number of hydrogen-bond donors (Lipinski definition) is 3. The normalized spacial score (nSPS) is 13.3. The van der Waals surface area contributed by atoms with Gasteiger partial charge in [-0.05, 0) is 50.6 Å². The summed E-state index contributed by atoms with van der Waals surface area (Å²) in [5.41, 5.74) is -0.481. The van der Waals surface area contributed by atoms with E-state index in [0.29, 0.717) is 11.3 Å². The molecule has 2 atom stereocenters. The first-order valence-corrected chi connectivity index (χ1v) is 11.9. The maximum Gasteiger partial charge on any atom is 0.408 e. The lowest BCUT2D eigenvalue weighted by atomic mass is 10.1. The van der Waals surface area contributed by atoms with E-state index in [1.807, 2.05) is 0 Å². The van der Waals surface area contributed by atoms with Gasteiger partial charge in [0, 0.05) is 0 Å². The molecule has 2 rings (SSSR count). The van der Waals surface area contributed by atoms with Crippen LogP contribution in [0.1, 0.15) is 32.4 Å². The number of methoxy groups -OCH3 is 1. The van der Waals surface area contributed by atoms with E-state index < -0.39 is 51.2 Å². The fourth-order valence-electron chi connectivity index (χ4n) is 2.90. The molecule has 0 aliphatic heterocycles. The first-order chi connectivity index (χ1) is 15.8. The average molecular weight is 493 g/mol. The van der Waals surface area contributed by atoms with Crippen molar-refractivity contribution in [2.24, 2.45) is 0 Å². The Morgan fingerprint density at radius 1 is 0.971 bits per heavy atom. The van der Waals surface area contributed by atoms with Gasteiger partial charge < -0.3 is 25.2 Å². The summed E-state index contributed by atoms with van der Waals surface area (Å²) in [7, 11) is -2.65. The smallest absolute Gasteiger partial charge is 0.408 e. The summed E-state index contributed by atoms with van der Waals surface area (Å²) >= 11 is 0. The Bertz CT molecular complexity index is 1110. The minimum absolute atomic E-state index is 0.125. The molecule has 0 aliphatic carbocycles. The van der Waals surface area contributed by atoms with Gasteiger partial charge in [0.15, 0.2) is 9.84 Å². The van der Waals surface area contributed by atoms with Crippen molar-refractivity contribution in [3.8, 4) is 5.75 Å². The van der Waals surface area contributed by atoms with Crippen molar-refractivity contribution < 1.29 is 37.4 Å². The minimum atomic E-state index is -4.08. The van der Waals surface area contributed by atoms with Crippen LogP contribution in [0.3, 0.4) is 0 Å². The molecule has 34 heavy (non-hydrogen) atoms. The van der Waals surface area contributed by atoms with Crippen molar-refractivity contribution in [2.75, 3.05) is 12.9 Å². The van der Waals surface area contributed by atoms with Crippen molar-refractivity contribution in [1.82, 2.24) is 10.6 Å². The van der Waals surface area contributed by atoms with Gasteiger partial charge in [0.05, 0.1) is 17.8 Å². The summed E-state index contributed by atoms with van der Waals surface area (Å²) in [6.07, 6.45) is -0.894. The molecule has 0 radical (unpaired) electrons. The van der Waals surface area contributed by atoms with Gasteiger partial charge >= 0.3 is 12.1 Å². The van der Waals surface area contributed by atoms with E-state index in [1.54, 1.807) is 51.1 Å². The van der Waals surface area contributed by atoms with Gasteiger partial charge in [0.25, 0.3) is 0 Å². The molecule has 0 spiro atoms. The second-order valence-corrected chi connectivity index (χ2v) is 10.4. The number of carboxylic acid groups (broad SMARTS) is 1. The molecule has 0 heterocycles. The molecule has 0 fully saturated rings. The van der Waals surface area contributed by atoms with Gasteiger partial charge in [-0.1, -0.05) is 30.3 Å². The molecule has 2 aromatic rings. The number of alkyl carbamates (subject to hydrolysis) is 1. The first kappa shape index (κ1) is 26.7. The van der Waals surface area contributed by atoms with Crippen LogP contribution in [0.15, 0.2) is 59.5 Å². The number of carbonyl (C=O) groups is 3. The Morgan fingerprint density at radius 2 is 1.56 bits per heavy atom. The van der Waals surface area contributed by atoms with Crippen LogP contribution in [0.2, 0.25) is 0 Å². The number of carbonyl (C=O) groups excluding carboxylic acids is 2. The number of benzene rings is 2. The van der Waals surface area contributed by atoms with E-state index in [0.717, 1.165) is 0 Å². The van der Waals surface area contributed by atoms with Crippen LogP contribution in [0.4, 0.5) is 4.79 Å². The average Bonchev–Trinajstić information content (AvgIpc) is 2.76. The number of nitrogens with one attached hydrogen (secondary N) is 2. The fourth-order valence-corrected chi connectivity index (χ4v) is 4.31. The molecule has 0 saturated heterocycles. The molecule has 2 aromatic carbocycles. The first-order valence-electron chi connectivity index (χ1n) is 10.3. The molecular weight excluding hydrogens is 464 g/mol. The third-order valence-electron chi connectivity index (χ3n) is 4.48. The lowest BCUT2D eigenvalue weighted by molar-refractivity contribution is -0.141. The highest BCUT2D eigenvalue weighted by Gasteiger charge is 2.32. The van der Waals surface area contributed by atoms with E-state index in [1.165, 1.54) is 31.4 Å². The number of aliphatic carboxylic acids is 1. The van der Waals surface area contributed by atoms with Gasteiger partial charge in [0.1, 0.15) is 23.4 Å². The fraction of sp³-hybridized carbons (Fsp3) is 0.348. The zero-order chi connectivity index (χ0) is 25.5. The predicted molar refractivity (Wildman–Crippen MR) is 123 cm³/mol. The molecule has 2 amide bonds. The molecule has 0 saturated carbocycles. The number of carboxylic acids is 1. The molecule has 2 unspecified atom stereocenters. The van der Waals surface area contributed by atoms with Crippen molar-refractivity contribution in [1.29, 1.82) is 0 Å². The molecule has 10 nitrogen and oxygen atoms in total. The monoisotopic (exact) mass is 492 g/mol. The van der Waals surface area contributed by atoms with Crippen LogP contribution in [-0.2, 0) is 24.2 Å². The van der Waals surface area contributed by atoms with Gasteiger partial charge in [-0.15, -0.1) is 0 Å². The SMILES string of the molecule is COc1ccc(S(=O)(=O)CC(NC(=O)C(NC(=O)OC(C)(C)C)c2ccccc2)C(=O)O)cc1. The van der Waals surface area contributed by atoms with Gasteiger partial charge in [-0.25, -0.2) is 18.0 Å². The topological polar surface area (TPSA) is 148 Å². The van der Waals surface area contributed by atoms with Gasteiger partial charge in [0.2, 0.25) is 5.91 Å². The number of rotatable bonds is 9. The van der Waals surface area contributed by atoms with Crippen LogP contribution in [0.5, 0.6) is 5.75 Å². The van der Waals surface area contributed by atoms with Crippen LogP contribution in [0, 0.1) is 0 Å². The van der Waals surface area contributed by atoms with Gasteiger partial charge in [-0.3, -0.25) is 4.79 Å².